The molecular weight excluding hydrogens is 254 g/mol. The fraction of sp³-hybridized carbons (Fsp3) is 0.250. The van der Waals surface area contributed by atoms with Gasteiger partial charge < -0.3 is 20.3 Å². The molecule has 0 radical (unpaired) electrons. The standard InChI is InChI=1S/C16H19NO3/c18-14(12-20-15-7-2-1-3-8-15)11-17-10-13-6-4-5-9-16(13)19/h1-9,14,17-19H,10-12H2. The van der Waals surface area contributed by atoms with E-state index in [4.69, 9.17) is 4.74 Å². The van der Waals surface area contributed by atoms with Gasteiger partial charge in [0.1, 0.15) is 24.2 Å². The molecule has 1 atom stereocenters. The lowest BCUT2D eigenvalue weighted by atomic mass is 10.2. The minimum absolute atomic E-state index is 0.234. The predicted octanol–water partition coefficient (Wildman–Crippen LogP) is 1.92. The van der Waals surface area contributed by atoms with Crippen molar-refractivity contribution < 1.29 is 14.9 Å². The van der Waals surface area contributed by atoms with E-state index in [-0.39, 0.29) is 12.4 Å². The molecule has 0 amide bonds. The molecule has 20 heavy (non-hydrogen) atoms. The van der Waals surface area contributed by atoms with Crippen LogP contribution in [0.1, 0.15) is 5.56 Å². The van der Waals surface area contributed by atoms with Gasteiger partial charge in [0.25, 0.3) is 0 Å². The average molecular weight is 273 g/mol. The Kier molecular flexibility index (Phi) is 5.41. The number of aromatic hydroxyl groups is 1. The largest absolute Gasteiger partial charge is 0.508 e. The van der Waals surface area contributed by atoms with E-state index in [1.807, 2.05) is 42.5 Å². The Morgan fingerprint density at radius 2 is 1.70 bits per heavy atom. The zero-order chi connectivity index (χ0) is 14.2. The molecule has 0 bridgehead atoms. The van der Waals surface area contributed by atoms with Crippen LogP contribution in [-0.4, -0.2) is 29.5 Å². The molecule has 0 aliphatic carbocycles. The first kappa shape index (κ1) is 14.4. The zero-order valence-electron chi connectivity index (χ0n) is 11.2. The second-order valence-corrected chi connectivity index (χ2v) is 4.54. The van der Waals surface area contributed by atoms with Crippen LogP contribution in [0.5, 0.6) is 11.5 Å². The molecule has 3 N–H and O–H groups in total. The minimum atomic E-state index is -0.596. The van der Waals surface area contributed by atoms with Crippen LogP contribution in [0.4, 0.5) is 0 Å². The number of ether oxygens (including phenoxy) is 1. The lowest BCUT2D eigenvalue weighted by Crippen LogP contribution is -2.31. The fourth-order valence-electron chi connectivity index (χ4n) is 1.80. The highest BCUT2D eigenvalue weighted by Crippen LogP contribution is 2.14. The van der Waals surface area contributed by atoms with Gasteiger partial charge in [-0.15, -0.1) is 0 Å². The first-order valence-corrected chi connectivity index (χ1v) is 6.59. The van der Waals surface area contributed by atoms with Gasteiger partial charge in [0.05, 0.1) is 0 Å². The first-order valence-electron chi connectivity index (χ1n) is 6.59. The number of hydrogen-bond donors (Lipinski definition) is 3. The number of hydrogen-bond acceptors (Lipinski definition) is 4. The van der Waals surface area contributed by atoms with Gasteiger partial charge in [-0.25, -0.2) is 0 Å². The summed E-state index contributed by atoms with van der Waals surface area (Å²) >= 11 is 0. The lowest BCUT2D eigenvalue weighted by molar-refractivity contribution is 0.106. The molecule has 2 aromatic rings. The van der Waals surface area contributed by atoms with E-state index in [1.165, 1.54) is 0 Å². The van der Waals surface area contributed by atoms with Crippen molar-refractivity contribution >= 4 is 0 Å². The summed E-state index contributed by atoms with van der Waals surface area (Å²) < 4.78 is 5.45. The van der Waals surface area contributed by atoms with Crippen LogP contribution in [0, 0.1) is 0 Å². The summed E-state index contributed by atoms with van der Waals surface area (Å²) in [6, 6.07) is 16.5. The van der Waals surface area contributed by atoms with Crippen molar-refractivity contribution in [3.63, 3.8) is 0 Å². The molecule has 0 aliphatic heterocycles. The van der Waals surface area contributed by atoms with E-state index >= 15 is 0 Å². The van der Waals surface area contributed by atoms with Gasteiger partial charge in [-0.2, -0.15) is 0 Å². The number of para-hydroxylation sites is 2. The van der Waals surface area contributed by atoms with Crippen molar-refractivity contribution in [2.75, 3.05) is 13.2 Å². The number of benzene rings is 2. The molecule has 106 valence electrons. The first-order chi connectivity index (χ1) is 9.75. The Morgan fingerprint density at radius 1 is 1.00 bits per heavy atom. The molecule has 0 aliphatic rings. The molecule has 0 saturated carbocycles. The zero-order valence-corrected chi connectivity index (χ0v) is 11.2. The normalized spacial score (nSPS) is 12.1. The summed E-state index contributed by atoms with van der Waals surface area (Å²) in [6.07, 6.45) is -0.596. The van der Waals surface area contributed by atoms with E-state index < -0.39 is 6.10 Å². The third-order valence-corrected chi connectivity index (χ3v) is 2.87. The quantitative estimate of drug-likeness (QED) is 0.721. The van der Waals surface area contributed by atoms with Crippen LogP contribution < -0.4 is 10.1 Å². The van der Waals surface area contributed by atoms with Crippen molar-refractivity contribution in [2.24, 2.45) is 0 Å². The highest BCUT2D eigenvalue weighted by atomic mass is 16.5. The third kappa shape index (κ3) is 4.57. The number of phenols is 1. The van der Waals surface area contributed by atoms with Crippen LogP contribution in [0.2, 0.25) is 0 Å². The second kappa shape index (κ2) is 7.53. The van der Waals surface area contributed by atoms with Gasteiger partial charge in [0.2, 0.25) is 0 Å². The van der Waals surface area contributed by atoms with Crippen LogP contribution >= 0.6 is 0 Å². The molecule has 0 aromatic heterocycles. The van der Waals surface area contributed by atoms with Gasteiger partial charge in [-0.05, 0) is 18.2 Å². The van der Waals surface area contributed by atoms with E-state index in [1.54, 1.807) is 12.1 Å². The molecule has 0 heterocycles. The summed E-state index contributed by atoms with van der Waals surface area (Å²) in [7, 11) is 0. The Balaban J connectivity index is 1.68. The maximum absolute atomic E-state index is 9.81. The van der Waals surface area contributed by atoms with Gasteiger partial charge >= 0.3 is 0 Å². The van der Waals surface area contributed by atoms with E-state index in [9.17, 15) is 10.2 Å². The molecule has 0 fully saturated rings. The SMILES string of the molecule is Oc1ccccc1CNCC(O)COc1ccccc1. The Hall–Kier alpha value is -2.04. The smallest absolute Gasteiger partial charge is 0.120 e. The summed E-state index contributed by atoms with van der Waals surface area (Å²) in [5.74, 6) is 1.00. The van der Waals surface area contributed by atoms with E-state index in [0.29, 0.717) is 13.1 Å². The van der Waals surface area contributed by atoms with Crippen LogP contribution in [-0.2, 0) is 6.54 Å². The molecule has 4 nitrogen and oxygen atoms in total. The maximum Gasteiger partial charge on any atom is 0.120 e. The summed E-state index contributed by atoms with van der Waals surface area (Å²) in [6.45, 7) is 1.15. The number of nitrogens with one attached hydrogen (secondary N) is 1. The highest BCUT2D eigenvalue weighted by Gasteiger charge is 2.06. The molecule has 0 spiro atoms. The van der Waals surface area contributed by atoms with E-state index in [2.05, 4.69) is 5.32 Å². The second-order valence-electron chi connectivity index (χ2n) is 4.54. The van der Waals surface area contributed by atoms with Crippen LogP contribution in [0.15, 0.2) is 54.6 Å². The van der Waals surface area contributed by atoms with Crippen molar-refractivity contribution in [1.29, 1.82) is 0 Å². The molecule has 0 saturated heterocycles. The third-order valence-electron chi connectivity index (χ3n) is 2.87. The van der Waals surface area contributed by atoms with Gasteiger partial charge in [-0.3, -0.25) is 0 Å². The topological polar surface area (TPSA) is 61.7 Å². The average Bonchev–Trinajstić information content (AvgIpc) is 2.48. The molecule has 1 unspecified atom stereocenters. The Bertz CT molecular complexity index is 516. The van der Waals surface area contributed by atoms with Gasteiger partial charge in [-0.1, -0.05) is 36.4 Å². The highest BCUT2D eigenvalue weighted by molar-refractivity contribution is 5.31. The van der Waals surface area contributed by atoms with Crippen molar-refractivity contribution in [1.82, 2.24) is 5.32 Å². The summed E-state index contributed by atoms with van der Waals surface area (Å²) in [5, 5.41) is 22.5. The summed E-state index contributed by atoms with van der Waals surface area (Å²) in [4.78, 5) is 0. The van der Waals surface area contributed by atoms with Crippen LogP contribution in [0.3, 0.4) is 0 Å². The van der Waals surface area contributed by atoms with Gasteiger partial charge in [0, 0.05) is 18.7 Å². The Labute approximate surface area is 118 Å². The monoisotopic (exact) mass is 273 g/mol. The van der Waals surface area contributed by atoms with Crippen molar-refractivity contribution in [3.05, 3.63) is 60.2 Å². The molecular formula is C16H19NO3. The fourth-order valence-corrected chi connectivity index (χ4v) is 1.80. The Morgan fingerprint density at radius 3 is 2.45 bits per heavy atom. The summed E-state index contributed by atoms with van der Waals surface area (Å²) in [5.41, 5.74) is 0.809. The predicted molar refractivity (Wildman–Crippen MR) is 77.8 cm³/mol. The number of aliphatic hydroxyl groups excluding tert-OH is 1. The van der Waals surface area contributed by atoms with Crippen molar-refractivity contribution in [3.8, 4) is 11.5 Å². The van der Waals surface area contributed by atoms with Crippen molar-refractivity contribution in [2.45, 2.75) is 12.6 Å². The van der Waals surface area contributed by atoms with E-state index in [0.717, 1.165) is 11.3 Å². The maximum atomic E-state index is 9.81. The molecule has 2 rings (SSSR count). The molecule has 2 aromatic carbocycles. The number of aliphatic hydroxyl groups is 1. The number of rotatable bonds is 7. The number of phenolic OH excluding ortho intramolecular Hbond substituents is 1. The molecule has 4 heteroatoms. The lowest BCUT2D eigenvalue weighted by Gasteiger charge is -2.13. The van der Waals surface area contributed by atoms with Gasteiger partial charge in [0.15, 0.2) is 0 Å². The van der Waals surface area contributed by atoms with Crippen LogP contribution in [0.25, 0.3) is 0 Å². The minimum Gasteiger partial charge on any atom is -0.508 e.